The Morgan fingerprint density at radius 3 is 2.80 bits per heavy atom. The highest BCUT2D eigenvalue weighted by atomic mass is 16.3. The summed E-state index contributed by atoms with van der Waals surface area (Å²) in [5, 5.41) is 13.3. The van der Waals surface area contributed by atoms with Crippen LogP contribution in [-0.4, -0.2) is 30.6 Å². The predicted octanol–water partition coefficient (Wildman–Crippen LogP) is 0.885. The lowest BCUT2D eigenvalue weighted by Crippen LogP contribution is -2.20. The van der Waals surface area contributed by atoms with Gasteiger partial charge >= 0.3 is 0 Å². The van der Waals surface area contributed by atoms with E-state index in [1.807, 2.05) is 25.1 Å². The van der Waals surface area contributed by atoms with Gasteiger partial charge in [0.25, 0.3) is 0 Å². The van der Waals surface area contributed by atoms with Gasteiger partial charge in [0, 0.05) is 19.6 Å². The summed E-state index contributed by atoms with van der Waals surface area (Å²) in [6, 6.07) is 6.26. The van der Waals surface area contributed by atoms with Crippen LogP contribution in [0.25, 0.3) is 0 Å². The molecule has 0 fully saturated rings. The number of likely N-dealkylation sites (N-methyl/N-ethyl adjacent to an activating group) is 1. The number of aliphatic hydroxyl groups excluding tert-OH is 1. The Kier molecular flexibility index (Phi) is 3.05. The van der Waals surface area contributed by atoms with Gasteiger partial charge < -0.3 is 15.3 Å². The third kappa shape index (κ3) is 2.37. The molecule has 1 atom stereocenters. The Hall–Kier alpha value is -0.900. The molecule has 0 amide bonds. The largest absolute Gasteiger partial charge is 0.387 e. The standard InChI is InChI=1S/C12H18N2O/c1-14(2)8-12(15)9-3-4-10-6-13-7-11(10)5-9/h3-5,12-13,15H,6-8H2,1-2H3. The molecule has 1 aliphatic rings. The number of aliphatic hydroxyl groups is 1. The summed E-state index contributed by atoms with van der Waals surface area (Å²) >= 11 is 0. The lowest BCUT2D eigenvalue weighted by molar-refractivity contribution is 0.138. The summed E-state index contributed by atoms with van der Waals surface area (Å²) in [5.74, 6) is 0. The molecule has 1 unspecified atom stereocenters. The normalized spacial score (nSPS) is 16.8. The van der Waals surface area contributed by atoms with Gasteiger partial charge in [-0.1, -0.05) is 18.2 Å². The third-order valence-electron chi connectivity index (χ3n) is 2.78. The first-order chi connectivity index (χ1) is 7.16. The lowest BCUT2D eigenvalue weighted by atomic mass is 10.0. The molecule has 3 nitrogen and oxygen atoms in total. The maximum atomic E-state index is 9.96. The van der Waals surface area contributed by atoms with Crippen LogP contribution in [0.4, 0.5) is 0 Å². The summed E-state index contributed by atoms with van der Waals surface area (Å²) in [7, 11) is 3.94. The van der Waals surface area contributed by atoms with Gasteiger partial charge in [-0.25, -0.2) is 0 Å². The molecule has 2 N–H and O–H groups in total. The fraction of sp³-hybridized carbons (Fsp3) is 0.500. The number of nitrogens with zero attached hydrogens (tertiary/aromatic N) is 1. The monoisotopic (exact) mass is 206 g/mol. The smallest absolute Gasteiger partial charge is 0.0916 e. The van der Waals surface area contributed by atoms with Gasteiger partial charge in [-0.15, -0.1) is 0 Å². The summed E-state index contributed by atoms with van der Waals surface area (Å²) in [6.45, 7) is 2.56. The zero-order valence-electron chi connectivity index (χ0n) is 9.33. The zero-order chi connectivity index (χ0) is 10.8. The molecule has 0 aromatic heterocycles. The maximum Gasteiger partial charge on any atom is 0.0916 e. The lowest BCUT2D eigenvalue weighted by Gasteiger charge is -2.16. The minimum absolute atomic E-state index is 0.383. The second-order valence-electron chi connectivity index (χ2n) is 4.41. The van der Waals surface area contributed by atoms with Crippen LogP contribution >= 0.6 is 0 Å². The van der Waals surface area contributed by atoms with E-state index in [9.17, 15) is 5.11 Å². The van der Waals surface area contributed by atoms with Crippen molar-refractivity contribution >= 4 is 0 Å². The van der Waals surface area contributed by atoms with Gasteiger partial charge in [-0.2, -0.15) is 0 Å². The molecule has 2 rings (SSSR count). The quantitative estimate of drug-likeness (QED) is 0.771. The molecule has 0 saturated heterocycles. The Balaban J connectivity index is 2.15. The molecule has 15 heavy (non-hydrogen) atoms. The minimum Gasteiger partial charge on any atom is -0.387 e. The highest BCUT2D eigenvalue weighted by Gasteiger charge is 2.14. The van der Waals surface area contributed by atoms with Gasteiger partial charge in [-0.05, 0) is 30.8 Å². The van der Waals surface area contributed by atoms with E-state index < -0.39 is 0 Å². The summed E-state index contributed by atoms with van der Waals surface area (Å²) in [4.78, 5) is 2.00. The molecule has 0 saturated carbocycles. The molecular weight excluding hydrogens is 188 g/mol. The second kappa shape index (κ2) is 4.31. The first-order valence-corrected chi connectivity index (χ1v) is 5.32. The number of rotatable bonds is 3. The average molecular weight is 206 g/mol. The highest BCUT2D eigenvalue weighted by molar-refractivity contribution is 5.35. The number of hydrogen-bond acceptors (Lipinski definition) is 3. The molecule has 0 spiro atoms. The van der Waals surface area contributed by atoms with E-state index in [4.69, 9.17) is 0 Å². The molecule has 0 aliphatic carbocycles. The number of hydrogen-bond donors (Lipinski definition) is 2. The minimum atomic E-state index is -0.383. The second-order valence-corrected chi connectivity index (χ2v) is 4.41. The molecule has 0 radical (unpaired) electrons. The van der Waals surface area contributed by atoms with Crippen LogP contribution in [0.15, 0.2) is 18.2 Å². The number of nitrogens with one attached hydrogen (secondary N) is 1. The number of benzene rings is 1. The van der Waals surface area contributed by atoms with Crippen LogP contribution in [0, 0.1) is 0 Å². The number of fused-ring (bicyclic) bond motifs is 1. The van der Waals surface area contributed by atoms with Crippen LogP contribution in [0.2, 0.25) is 0 Å². The first kappa shape index (κ1) is 10.6. The zero-order valence-corrected chi connectivity index (χ0v) is 9.33. The van der Waals surface area contributed by atoms with Crippen molar-refractivity contribution in [1.29, 1.82) is 0 Å². The average Bonchev–Trinajstić information content (AvgIpc) is 2.62. The molecule has 1 aliphatic heterocycles. The van der Waals surface area contributed by atoms with E-state index in [1.54, 1.807) is 0 Å². The Morgan fingerprint density at radius 2 is 2.07 bits per heavy atom. The predicted molar refractivity (Wildman–Crippen MR) is 60.5 cm³/mol. The van der Waals surface area contributed by atoms with Gasteiger partial charge in [0.15, 0.2) is 0 Å². The van der Waals surface area contributed by atoms with Crippen LogP contribution in [0.3, 0.4) is 0 Å². The van der Waals surface area contributed by atoms with Crippen molar-refractivity contribution in [3.05, 3.63) is 34.9 Å². The van der Waals surface area contributed by atoms with E-state index in [0.29, 0.717) is 6.54 Å². The summed E-state index contributed by atoms with van der Waals surface area (Å²) in [6.07, 6.45) is -0.383. The van der Waals surface area contributed by atoms with Crippen molar-refractivity contribution in [1.82, 2.24) is 10.2 Å². The topological polar surface area (TPSA) is 35.5 Å². The van der Waals surface area contributed by atoms with Crippen molar-refractivity contribution in [3.8, 4) is 0 Å². The van der Waals surface area contributed by atoms with Crippen molar-refractivity contribution < 1.29 is 5.11 Å². The fourth-order valence-electron chi connectivity index (χ4n) is 1.97. The van der Waals surface area contributed by atoms with E-state index >= 15 is 0 Å². The molecule has 1 aromatic rings. The molecule has 82 valence electrons. The van der Waals surface area contributed by atoms with Crippen LogP contribution < -0.4 is 5.32 Å². The Bertz CT molecular complexity index is 349. The maximum absolute atomic E-state index is 9.96. The summed E-state index contributed by atoms with van der Waals surface area (Å²) < 4.78 is 0. The van der Waals surface area contributed by atoms with E-state index in [0.717, 1.165) is 18.7 Å². The van der Waals surface area contributed by atoms with Gasteiger partial charge in [0.05, 0.1) is 6.10 Å². The molecular formula is C12H18N2O. The van der Waals surface area contributed by atoms with Gasteiger partial charge in [-0.3, -0.25) is 0 Å². The Labute approximate surface area is 90.7 Å². The first-order valence-electron chi connectivity index (χ1n) is 5.32. The van der Waals surface area contributed by atoms with E-state index in [2.05, 4.69) is 17.4 Å². The highest BCUT2D eigenvalue weighted by Crippen LogP contribution is 2.21. The van der Waals surface area contributed by atoms with E-state index in [1.165, 1.54) is 11.1 Å². The summed E-state index contributed by atoms with van der Waals surface area (Å²) in [5.41, 5.74) is 3.70. The molecule has 0 bridgehead atoms. The van der Waals surface area contributed by atoms with Crippen molar-refractivity contribution in [2.45, 2.75) is 19.2 Å². The van der Waals surface area contributed by atoms with E-state index in [-0.39, 0.29) is 6.10 Å². The van der Waals surface area contributed by atoms with Gasteiger partial charge in [0.1, 0.15) is 0 Å². The van der Waals surface area contributed by atoms with Crippen LogP contribution in [0.1, 0.15) is 22.8 Å². The van der Waals surface area contributed by atoms with Crippen molar-refractivity contribution in [3.63, 3.8) is 0 Å². The van der Waals surface area contributed by atoms with Crippen molar-refractivity contribution in [2.75, 3.05) is 20.6 Å². The molecule has 3 heteroatoms. The fourth-order valence-corrected chi connectivity index (χ4v) is 1.97. The van der Waals surface area contributed by atoms with Crippen LogP contribution in [0.5, 0.6) is 0 Å². The SMILES string of the molecule is CN(C)CC(O)c1ccc2c(c1)CNC2. The van der Waals surface area contributed by atoms with Crippen molar-refractivity contribution in [2.24, 2.45) is 0 Å². The van der Waals surface area contributed by atoms with Gasteiger partial charge in [0.2, 0.25) is 0 Å². The molecule has 1 aromatic carbocycles. The Morgan fingerprint density at radius 1 is 1.33 bits per heavy atom. The third-order valence-corrected chi connectivity index (χ3v) is 2.78. The molecule has 1 heterocycles. The van der Waals surface area contributed by atoms with Crippen LogP contribution in [-0.2, 0) is 13.1 Å².